The van der Waals surface area contributed by atoms with Crippen LogP contribution in [-0.4, -0.2) is 25.5 Å². The molecule has 1 aliphatic heterocycles. The average molecular weight is 313 g/mol. The fraction of sp³-hybridized carbons (Fsp3) is 0.588. The number of hydrogen-bond acceptors (Lipinski definition) is 3. The Morgan fingerprint density at radius 2 is 1.86 bits per heavy atom. The van der Waals surface area contributed by atoms with Crippen molar-refractivity contribution in [2.75, 3.05) is 25.1 Å². The maximum Gasteiger partial charge on any atom is 0.0533 e. The molecular weight excluding hydrogens is 284 g/mol. The zero-order valence-electron chi connectivity index (χ0n) is 14.1. The lowest BCUT2D eigenvalue weighted by atomic mass is 10.0. The molecule has 4 heteroatoms. The molecule has 2 N–H and O–H groups in total. The molecule has 0 unspecified atom stereocenters. The first-order chi connectivity index (χ1) is 10.1. The summed E-state index contributed by atoms with van der Waals surface area (Å²) in [5, 5.41) is 11.8. The van der Waals surface area contributed by atoms with Crippen molar-refractivity contribution < 1.29 is 4.74 Å². The standard InChI is InChI=1S/C13H17ClN2O.2C2H6/c1-8-3-11(14)13(9(2)15)12(4-8)16-5-10-6-17-7-10;2*1-2/h3-4,10,15-16H,5-7H2,1-2H3;2*1-2H3. The molecule has 0 bridgehead atoms. The molecule has 120 valence electrons. The lowest BCUT2D eigenvalue weighted by Crippen LogP contribution is -2.33. The Labute approximate surface area is 134 Å². The highest BCUT2D eigenvalue weighted by Crippen LogP contribution is 2.27. The molecule has 0 spiro atoms. The van der Waals surface area contributed by atoms with Gasteiger partial charge in [-0.2, -0.15) is 0 Å². The lowest BCUT2D eigenvalue weighted by molar-refractivity contribution is -0.0248. The Kier molecular flexibility index (Phi) is 10.1. The number of halogens is 1. The van der Waals surface area contributed by atoms with E-state index in [1.807, 2.05) is 46.8 Å². The zero-order chi connectivity index (χ0) is 16.4. The number of aryl methyl sites for hydroxylation is 1. The predicted octanol–water partition coefficient (Wildman–Crippen LogP) is 5.15. The van der Waals surface area contributed by atoms with Crippen molar-refractivity contribution in [2.24, 2.45) is 5.92 Å². The second-order valence-electron chi connectivity index (χ2n) is 4.58. The first-order valence-corrected chi connectivity index (χ1v) is 8.13. The molecule has 2 rings (SSSR count). The maximum absolute atomic E-state index is 7.78. The van der Waals surface area contributed by atoms with Crippen molar-refractivity contribution in [3.63, 3.8) is 0 Å². The number of hydrogen-bond donors (Lipinski definition) is 2. The van der Waals surface area contributed by atoms with Crippen molar-refractivity contribution in [3.05, 3.63) is 28.3 Å². The van der Waals surface area contributed by atoms with E-state index >= 15 is 0 Å². The van der Waals surface area contributed by atoms with Gasteiger partial charge in [-0.05, 0) is 31.5 Å². The van der Waals surface area contributed by atoms with Crippen molar-refractivity contribution >= 4 is 23.0 Å². The van der Waals surface area contributed by atoms with E-state index in [0.717, 1.165) is 36.6 Å². The SMILES string of the molecule is CC.CC.CC(=N)c1c(Cl)cc(C)cc1NCC1COC1. The Morgan fingerprint density at radius 3 is 2.29 bits per heavy atom. The highest BCUT2D eigenvalue weighted by molar-refractivity contribution is 6.34. The number of benzene rings is 1. The van der Waals surface area contributed by atoms with Crippen molar-refractivity contribution in [3.8, 4) is 0 Å². The fourth-order valence-electron chi connectivity index (χ4n) is 1.92. The van der Waals surface area contributed by atoms with Gasteiger partial charge >= 0.3 is 0 Å². The molecule has 0 amide bonds. The smallest absolute Gasteiger partial charge is 0.0533 e. The molecule has 1 fully saturated rings. The topological polar surface area (TPSA) is 45.1 Å². The Morgan fingerprint density at radius 1 is 1.29 bits per heavy atom. The van der Waals surface area contributed by atoms with Crippen LogP contribution < -0.4 is 5.32 Å². The van der Waals surface area contributed by atoms with Gasteiger partial charge in [-0.3, -0.25) is 0 Å². The van der Waals surface area contributed by atoms with Gasteiger partial charge in [-0.15, -0.1) is 0 Å². The van der Waals surface area contributed by atoms with E-state index < -0.39 is 0 Å². The molecule has 0 aliphatic carbocycles. The molecule has 3 nitrogen and oxygen atoms in total. The van der Waals surface area contributed by atoms with E-state index in [-0.39, 0.29) is 0 Å². The molecule has 0 aromatic heterocycles. The number of anilines is 1. The second kappa shape index (κ2) is 10.6. The molecule has 1 aliphatic rings. The Balaban J connectivity index is 0.000000921. The average Bonchev–Trinajstić information content (AvgIpc) is 2.40. The normalized spacial score (nSPS) is 13.1. The van der Waals surface area contributed by atoms with Crippen molar-refractivity contribution in [1.29, 1.82) is 5.41 Å². The molecule has 0 saturated carbocycles. The molecule has 1 aromatic rings. The van der Waals surface area contributed by atoms with Gasteiger partial charge in [0.2, 0.25) is 0 Å². The quantitative estimate of drug-likeness (QED) is 0.755. The van der Waals surface area contributed by atoms with Crippen LogP contribution in [0.15, 0.2) is 12.1 Å². The minimum Gasteiger partial charge on any atom is -0.384 e. The summed E-state index contributed by atoms with van der Waals surface area (Å²) in [5.74, 6) is 0.577. The van der Waals surface area contributed by atoms with Gasteiger partial charge in [-0.1, -0.05) is 39.3 Å². The molecule has 1 saturated heterocycles. The Bertz CT molecular complexity index is 443. The molecule has 1 aromatic carbocycles. The number of rotatable bonds is 4. The van der Waals surface area contributed by atoms with Crippen LogP contribution in [0.5, 0.6) is 0 Å². The summed E-state index contributed by atoms with van der Waals surface area (Å²) in [4.78, 5) is 0. The number of nitrogens with one attached hydrogen (secondary N) is 2. The van der Waals surface area contributed by atoms with Crippen LogP contribution >= 0.6 is 11.6 Å². The molecule has 21 heavy (non-hydrogen) atoms. The van der Waals surface area contributed by atoms with E-state index in [2.05, 4.69) is 5.32 Å². The van der Waals surface area contributed by atoms with E-state index in [4.69, 9.17) is 21.7 Å². The molecule has 1 heterocycles. The van der Waals surface area contributed by atoms with Crippen LogP contribution in [0.1, 0.15) is 45.7 Å². The van der Waals surface area contributed by atoms with Crippen molar-refractivity contribution in [2.45, 2.75) is 41.5 Å². The fourth-order valence-corrected chi connectivity index (χ4v) is 2.34. The summed E-state index contributed by atoms with van der Waals surface area (Å²) in [6.45, 7) is 14.3. The van der Waals surface area contributed by atoms with Crippen LogP contribution in [0.2, 0.25) is 5.02 Å². The monoisotopic (exact) mass is 312 g/mol. The summed E-state index contributed by atoms with van der Waals surface area (Å²) < 4.78 is 5.14. The maximum atomic E-state index is 7.78. The summed E-state index contributed by atoms with van der Waals surface area (Å²) in [5.41, 5.74) is 3.35. The summed E-state index contributed by atoms with van der Waals surface area (Å²) in [7, 11) is 0. The molecule has 0 radical (unpaired) electrons. The Hall–Kier alpha value is -1.06. The molecular formula is C17H29ClN2O. The first kappa shape index (κ1) is 19.9. The highest BCUT2D eigenvalue weighted by Gasteiger charge is 2.19. The summed E-state index contributed by atoms with van der Waals surface area (Å²) >= 11 is 6.19. The lowest BCUT2D eigenvalue weighted by Gasteiger charge is -2.27. The van der Waals surface area contributed by atoms with Crippen LogP contribution in [0.25, 0.3) is 0 Å². The third-order valence-electron chi connectivity index (χ3n) is 2.90. The minimum absolute atomic E-state index is 0.488. The highest BCUT2D eigenvalue weighted by atomic mass is 35.5. The van der Waals surface area contributed by atoms with Gasteiger partial charge in [0.25, 0.3) is 0 Å². The van der Waals surface area contributed by atoms with E-state index in [9.17, 15) is 0 Å². The van der Waals surface area contributed by atoms with Crippen molar-refractivity contribution in [1.82, 2.24) is 0 Å². The van der Waals surface area contributed by atoms with Crippen LogP contribution in [0.3, 0.4) is 0 Å². The van der Waals surface area contributed by atoms with Gasteiger partial charge in [-0.25, -0.2) is 0 Å². The third-order valence-corrected chi connectivity index (χ3v) is 3.20. The third kappa shape index (κ3) is 6.06. The second-order valence-corrected chi connectivity index (χ2v) is 4.99. The van der Waals surface area contributed by atoms with Crippen LogP contribution in [0, 0.1) is 18.3 Å². The van der Waals surface area contributed by atoms with Crippen LogP contribution in [-0.2, 0) is 4.74 Å². The van der Waals surface area contributed by atoms with Gasteiger partial charge in [0.15, 0.2) is 0 Å². The minimum atomic E-state index is 0.488. The summed E-state index contributed by atoms with van der Waals surface area (Å²) in [6.07, 6.45) is 0. The van der Waals surface area contributed by atoms with Gasteiger partial charge in [0, 0.05) is 29.4 Å². The number of ether oxygens (including phenoxy) is 1. The summed E-state index contributed by atoms with van der Waals surface area (Å²) in [6, 6.07) is 3.94. The van der Waals surface area contributed by atoms with Crippen LogP contribution in [0.4, 0.5) is 5.69 Å². The predicted molar refractivity (Wildman–Crippen MR) is 94.2 cm³/mol. The first-order valence-electron chi connectivity index (χ1n) is 7.75. The van der Waals surface area contributed by atoms with Gasteiger partial charge in [0.05, 0.1) is 18.2 Å². The largest absolute Gasteiger partial charge is 0.384 e. The van der Waals surface area contributed by atoms with E-state index in [1.54, 1.807) is 6.92 Å². The van der Waals surface area contributed by atoms with Gasteiger partial charge < -0.3 is 15.5 Å². The van der Waals surface area contributed by atoms with E-state index in [1.165, 1.54) is 0 Å². The molecule has 0 atom stereocenters. The van der Waals surface area contributed by atoms with Gasteiger partial charge in [0.1, 0.15) is 0 Å². The van der Waals surface area contributed by atoms with E-state index in [0.29, 0.717) is 16.7 Å². The zero-order valence-corrected chi connectivity index (χ0v) is 14.9.